The fourth-order valence-corrected chi connectivity index (χ4v) is 6.63. The van der Waals surface area contributed by atoms with Crippen LogP contribution in [-0.4, -0.2) is 117 Å². The molecule has 0 spiro atoms. The topological polar surface area (TPSA) is 270 Å². The highest BCUT2D eigenvalue weighted by atomic mass is 31.2. The Labute approximate surface area is 289 Å². The summed E-state index contributed by atoms with van der Waals surface area (Å²) in [7, 11) is -2.39. The summed E-state index contributed by atoms with van der Waals surface area (Å²) in [5, 5.41) is 71.4. The first-order valence-electron chi connectivity index (χ1n) is 15.3. The molecular weight excluding hydrogens is 703 g/mol. The first-order valence-corrected chi connectivity index (χ1v) is 16.8. The minimum absolute atomic E-state index is 0.0709. The molecule has 3 aromatic rings. The summed E-state index contributed by atoms with van der Waals surface area (Å²) < 4.78 is 56.9. The molecule has 0 saturated carbocycles. The molecule has 1 saturated heterocycles. The van der Waals surface area contributed by atoms with Gasteiger partial charge in [0.2, 0.25) is 5.78 Å². The van der Waals surface area contributed by atoms with Crippen molar-refractivity contribution < 1.29 is 87.5 Å². The van der Waals surface area contributed by atoms with Gasteiger partial charge in [0.05, 0.1) is 20.3 Å². The summed E-state index contributed by atoms with van der Waals surface area (Å²) >= 11 is 0. The van der Waals surface area contributed by atoms with Gasteiger partial charge in [0.1, 0.15) is 47.2 Å². The van der Waals surface area contributed by atoms with E-state index in [1.807, 2.05) is 0 Å². The number of hydrogen-bond donors (Lipinski definition) is 8. The van der Waals surface area contributed by atoms with E-state index >= 15 is 0 Å². The number of Topliss-reactive ketones (excluding diaryl/α,β-unsaturated/α-hetero) is 1. The highest BCUT2D eigenvalue weighted by Crippen LogP contribution is 2.48. The molecule has 18 nitrogen and oxygen atoms in total. The molecule has 0 aliphatic carbocycles. The molecule has 0 bridgehead atoms. The number of ketones is 1. The van der Waals surface area contributed by atoms with E-state index in [1.165, 1.54) is 50.6 Å². The second-order valence-electron chi connectivity index (χ2n) is 11.8. The number of aliphatic hydroxyl groups is 4. The van der Waals surface area contributed by atoms with Crippen LogP contribution < -0.4 is 18.9 Å². The minimum atomic E-state index is -4.90. The number of rotatable bonds is 10. The smallest absolute Gasteiger partial charge is 0.472 e. The van der Waals surface area contributed by atoms with E-state index in [-0.39, 0.29) is 45.6 Å². The SMILES string of the molecule is COc1cc([C@@H]2Oc3cc([C@H]4Oc5cc(O)cc(O)c5C(=O)[C@@H]4O)ccc3O[C@H]2COP(=O)(O)OC[C@H]2O[C@H](OC)[C@H](O)[C@@H](O)[C@@H]2O)ccc1O. The zero-order valence-corrected chi connectivity index (χ0v) is 27.7. The predicted octanol–water partition coefficient (Wildman–Crippen LogP) is 0.958. The molecule has 0 radical (unpaired) electrons. The van der Waals surface area contributed by atoms with E-state index in [2.05, 4.69) is 0 Å². The Bertz CT molecular complexity index is 1820. The zero-order chi connectivity index (χ0) is 36.8. The van der Waals surface area contributed by atoms with E-state index < -0.39 is 87.7 Å². The number of carbonyl (C=O) groups is 1. The first kappa shape index (κ1) is 36.6. The van der Waals surface area contributed by atoms with Crippen LogP contribution in [0.2, 0.25) is 0 Å². The standard InChI is InChI=1S/C32H35O18P/c1-43-19-7-13(3-5-16(19)34)30-23(12-46-51(41,42)45-11-22-25(36)27(38)29(40)32(44-2)50-22)47-18-6-4-14(8-20(18)48-30)31-28(39)26(37)24-17(35)9-15(33)10-21(24)49-31/h3-10,22-23,25,27-36,38-40H,11-12H2,1-2H3,(H,41,42)/t22-,23+,25-,27+,28+,29-,30+,31-,32+/m1/s1. The Kier molecular flexibility index (Phi) is 10.4. The second kappa shape index (κ2) is 14.4. The lowest BCUT2D eigenvalue weighted by Crippen LogP contribution is -2.59. The summed E-state index contributed by atoms with van der Waals surface area (Å²) in [4.78, 5) is 23.5. The van der Waals surface area contributed by atoms with Crippen LogP contribution in [0, 0.1) is 0 Å². The van der Waals surface area contributed by atoms with E-state index in [0.717, 1.165) is 12.1 Å². The van der Waals surface area contributed by atoms with Gasteiger partial charge in [-0.05, 0) is 29.8 Å². The molecule has 276 valence electrons. The van der Waals surface area contributed by atoms with Crippen molar-refractivity contribution in [3.63, 3.8) is 0 Å². The third-order valence-corrected chi connectivity index (χ3v) is 9.48. The molecule has 8 N–H and O–H groups in total. The van der Waals surface area contributed by atoms with Gasteiger partial charge in [0.25, 0.3) is 0 Å². The van der Waals surface area contributed by atoms with Crippen LogP contribution in [0.3, 0.4) is 0 Å². The number of carbonyl (C=O) groups excluding carboxylic acids is 1. The maximum atomic E-state index is 13.0. The van der Waals surface area contributed by atoms with Crippen molar-refractivity contribution in [2.24, 2.45) is 0 Å². The Morgan fingerprint density at radius 2 is 1.39 bits per heavy atom. The molecule has 0 aromatic heterocycles. The lowest BCUT2D eigenvalue weighted by molar-refractivity contribution is -0.293. The average Bonchev–Trinajstić information content (AvgIpc) is 3.10. The van der Waals surface area contributed by atoms with Gasteiger partial charge in [-0.25, -0.2) is 4.57 Å². The van der Waals surface area contributed by atoms with E-state index in [9.17, 15) is 50.0 Å². The van der Waals surface area contributed by atoms with Gasteiger partial charge in [0.15, 0.2) is 53.7 Å². The Balaban J connectivity index is 1.23. The molecule has 0 amide bonds. The van der Waals surface area contributed by atoms with Gasteiger partial charge >= 0.3 is 7.82 Å². The molecule has 3 aliphatic heterocycles. The number of aliphatic hydroxyl groups excluding tert-OH is 4. The highest BCUT2D eigenvalue weighted by Gasteiger charge is 2.45. The summed E-state index contributed by atoms with van der Waals surface area (Å²) in [6.07, 6.45) is -13.0. The number of aromatic hydroxyl groups is 3. The maximum Gasteiger partial charge on any atom is 0.472 e. The molecule has 3 heterocycles. The van der Waals surface area contributed by atoms with Crippen molar-refractivity contribution >= 4 is 13.6 Å². The van der Waals surface area contributed by atoms with Crippen LogP contribution >= 0.6 is 7.82 Å². The molecule has 1 unspecified atom stereocenters. The molecular formula is C32H35O18P. The van der Waals surface area contributed by atoms with Crippen LogP contribution in [0.1, 0.15) is 33.7 Å². The van der Waals surface area contributed by atoms with Crippen molar-refractivity contribution in [1.82, 2.24) is 0 Å². The summed E-state index contributed by atoms with van der Waals surface area (Å²) in [5.41, 5.74) is 0.322. The van der Waals surface area contributed by atoms with Gasteiger partial charge in [-0.3, -0.25) is 13.8 Å². The maximum absolute atomic E-state index is 13.0. The molecule has 19 heteroatoms. The largest absolute Gasteiger partial charge is 0.508 e. The van der Waals surface area contributed by atoms with Crippen LogP contribution in [0.4, 0.5) is 0 Å². The highest BCUT2D eigenvalue weighted by molar-refractivity contribution is 7.47. The number of benzene rings is 3. The fraction of sp³-hybridized carbons (Fsp3) is 0.406. The number of fused-ring (bicyclic) bond motifs is 2. The van der Waals surface area contributed by atoms with Crippen LogP contribution in [-0.2, 0) is 23.1 Å². The van der Waals surface area contributed by atoms with Crippen molar-refractivity contribution in [1.29, 1.82) is 0 Å². The van der Waals surface area contributed by atoms with Crippen molar-refractivity contribution in [2.45, 2.75) is 55.1 Å². The number of ether oxygens (including phenoxy) is 6. The monoisotopic (exact) mass is 738 g/mol. The lowest BCUT2D eigenvalue weighted by Gasteiger charge is -2.39. The number of phosphoric acid groups is 1. The van der Waals surface area contributed by atoms with Crippen LogP contribution in [0.15, 0.2) is 48.5 Å². The van der Waals surface area contributed by atoms with Crippen LogP contribution in [0.5, 0.6) is 40.2 Å². The lowest BCUT2D eigenvalue weighted by atomic mass is 9.92. The van der Waals surface area contributed by atoms with Gasteiger partial charge in [-0.1, -0.05) is 12.1 Å². The summed E-state index contributed by atoms with van der Waals surface area (Å²) in [5.74, 6) is -1.83. The number of hydrogen-bond acceptors (Lipinski definition) is 17. The third kappa shape index (κ3) is 7.29. The van der Waals surface area contributed by atoms with Gasteiger partial charge < -0.3 is 69.1 Å². The Morgan fingerprint density at radius 1 is 0.725 bits per heavy atom. The first-order chi connectivity index (χ1) is 24.2. The number of phenols is 3. The summed E-state index contributed by atoms with van der Waals surface area (Å²) in [6, 6.07) is 10.7. The molecule has 6 rings (SSSR count). The quantitative estimate of drug-likeness (QED) is 0.135. The van der Waals surface area contributed by atoms with Crippen molar-refractivity contribution in [2.75, 3.05) is 27.4 Å². The second-order valence-corrected chi connectivity index (χ2v) is 13.3. The van der Waals surface area contributed by atoms with Crippen molar-refractivity contribution in [3.05, 3.63) is 65.2 Å². The van der Waals surface area contributed by atoms with E-state index in [1.54, 1.807) is 0 Å². The van der Waals surface area contributed by atoms with Crippen LogP contribution in [0.25, 0.3) is 0 Å². The van der Waals surface area contributed by atoms with E-state index in [4.69, 9.17) is 37.5 Å². The fourth-order valence-electron chi connectivity index (χ4n) is 5.89. The molecule has 3 aromatic carbocycles. The number of phenolic OH excluding ortho intramolecular Hbond substituents is 3. The number of methoxy groups -OCH3 is 2. The van der Waals surface area contributed by atoms with Crippen molar-refractivity contribution in [3.8, 4) is 40.2 Å². The minimum Gasteiger partial charge on any atom is -0.508 e. The Morgan fingerprint density at radius 3 is 2.10 bits per heavy atom. The molecule has 3 aliphatic rings. The predicted molar refractivity (Wildman–Crippen MR) is 168 cm³/mol. The van der Waals surface area contributed by atoms with Gasteiger partial charge in [-0.15, -0.1) is 0 Å². The summed E-state index contributed by atoms with van der Waals surface area (Å²) in [6.45, 7) is -1.37. The van der Waals surface area contributed by atoms with E-state index in [0.29, 0.717) is 5.56 Å². The zero-order valence-electron chi connectivity index (χ0n) is 26.8. The molecule has 51 heavy (non-hydrogen) atoms. The van der Waals surface area contributed by atoms with Gasteiger partial charge in [-0.2, -0.15) is 0 Å². The Hall–Kier alpha value is -4.20. The van der Waals surface area contributed by atoms with Gasteiger partial charge in [0, 0.05) is 24.8 Å². The normalized spacial score (nSPS) is 29.8. The number of phosphoric ester groups is 1. The average molecular weight is 739 g/mol. The third-order valence-electron chi connectivity index (χ3n) is 8.53. The molecule has 10 atom stereocenters. The molecule has 1 fully saturated rings.